The van der Waals surface area contributed by atoms with Crippen LogP contribution in [0.4, 0.5) is 5.82 Å². The number of thiophene rings is 1. The Morgan fingerprint density at radius 1 is 1.12 bits per heavy atom. The largest absolute Gasteiger partial charge is 0.352 e. The maximum atomic E-state index is 13.3. The van der Waals surface area contributed by atoms with Crippen LogP contribution in [0.3, 0.4) is 0 Å². The van der Waals surface area contributed by atoms with Crippen LogP contribution in [0, 0.1) is 6.92 Å². The SMILES string of the molecule is Cc1cc(C(=O)N2CCN(c3ncccc3C(=O)NCc3cccs3)CC2)n(C(C)(C)C)n1. The monoisotopic (exact) mass is 466 g/mol. The average Bonchev–Trinajstić information content (AvgIpc) is 3.46. The molecule has 1 aliphatic rings. The van der Waals surface area contributed by atoms with Gasteiger partial charge in [0.1, 0.15) is 11.5 Å². The van der Waals surface area contributed by atoms with Gasteiger partial charge in [0.05, 0.1) is 23.3 Å². The van der Waals surface area contributed by atoms with Crippen LogP contribution < -0.4 is 10.2 Å². The predicted octanol–water partition coefficient (Wildman–Crippen LogP) is 3.30. The lowest BCUT2D eigenvalue weighted by molar-refractivity contribution is 0.0725. The highest BCUT2D eigenvalue weighted by Gasteiger charge is 2.29. The number of rotatable bonds is 5. The second kappa shape index (κ2) is 9.35. The van der Waals surface area contributed by atoms with Gasteiger partial charge in [-0.3, -0.25) is 14.3 Å². The second-order valence-electron chi connectivity index (χ2n) is 9.17. The topological polar surface area (TPSA) is 83.4 Å². The van der Waals surface area contributed by atoms with Gasteiger partial charge < -0.3 is 15.1 Å². The third kappa shape index (κ3) is 5.08. The van der Waals surface area contributed by atoms with E-state index in [0.29, 0.717) is 49.8 Å². The van der Waals surface area contributed by atoms with Crippen molar-refractivity contribution in [2.45, 2.75) is 39.8 Å². The van der Waals surface area contributed by atoms with Crippen LogP contribution in [-0.2, 0) is 12.1 Å². The molecule has 33 heavy (non-hydrogen) atoms. The van der Waals surface area contributed by atoms with Gasteiger partial charge in [0.2, 0.25) is 0 Å². The predicted molar refractivity (Wildman–Crippen MR) is 130 cm³/mol. The fraction of sp³-hybridized carbons (Fsp3) is 0.417. The van der Waals surface area contributed by atoms with Crippen molar-refractivity contribution in [3.05, 3.63) is 63.7 Å². The smallest absolute Gasteiger partial charge is 0.272 e. The van der Waals surface area contributed by atoms with Crippen molar-refractivity contribution < 1.29 is 9.59 Å². The first-order valence-electron chi connectivity index (χ1n) is 11.1. The van der Waals surface area contributed by atoms with Gasteiger partial charge in [-0.05, 0) is 57.3 Å². The summed E-state index contributed by atoms with van der Waals surface area (Å²) < 4.78 is 1.81. The van der Waals surface area contributed by atoms with Gasteiger partial charge in [-0.15, -0.1) is 11.3 Å². The molecule has 9 heteroatoms. The van der Waals surface area contributed by atoms with E-state index in [0.717, 1.165) is 10.6 Å². The summed E-state index contributed by atoms with van der Waals surface area (Å²) in [4.78, 5) is 35.6. The third-order valence-electron chi connectivity index (χ3n) is 5.59. The van der Waals surface area contributed by atoms with Crippen LogP contribution in [-0.4, -0.2) is 57.7 Å². The van der Waals surface area contributed by atoms with E-state index in [2.05, 4.69) is 20.3 Å². The van der Waals surface area contributed by atoms with E-state index >= 15 is 0 Å². The molecule has 0 aromatic carbocycles. The first-order chi connectivity index (χ1) is 15.7. The third-order valence-corrected chi connectivity index (χ3v) is 6.46. The summed E-state index contributed by atoms with van der Waals surface area (Å²) in [6, 6.07) is 9.40. The molecule has 8 nitrogen and oxygen atoms in total. The van der Waals surface area contributed by atoms with Gasteiger partial charge in [0.15, 0.2) is 0 Å². The normalized spacial score (nSPS) is 14.4. The molecule has 3 aromatic rings. The first kappa shape index (κ1) is 23.0. The molecular weight excluding hydrogens is 436 g/mol. The number of hydrogen-bond acceptors (Lipinski definition) is 6. The minimum absolute atomic E-state index is 0.0138. The Morgan fingerprint density at radius 2 is 1.88 bits per heavy atom. The highest BCUT2D eigenvalue weighted by atomic mass is 32.1. The summed E-state index contributed by atoms with van der Waals surface area (Å²) in [5.74, 6) is 0.499. The van der Waals surface area contributed by atoms with Crippen molar-refractivity contribution in [1.29, 1.82) is 0 Å². The number of carbonyl (C=O) groups excluding carboxylic acids is 2. The van der Waals surface area contributed by atoms with Crippen molar-refractivity contribution in [3.8, 4) is 0 Å². The Bertz CT molecular complexity index is 1120. The second-order valence-corrected chi connectivity index (χ2v) is 10.2. The Kier molecular flexibility index (Phi) is 6.51. The molecule has 0 bridgehead atoms. The Hall–Kier alpha value is -3.20. The number of hydrogen-bond donors (Lipinski definition) is 1. The molecule has 3 aromatic heterocycles. The van der Waals surface area contributed by atoms with E-state index < -0.39 is 0 Å². The fourth-order valence-corrected chi connectivity index (χ4v) is 4.59. The zero-order valence-electron chi connectivity index (χ0n) is 19.5. The molecule has 0 radical (unpaired) electrons. The van der Waals surface area contributed by atoms with Crippen LogP contribution in [0.25, 0.3) is 0 Å². The summed E-state index contributed by atoms with van der Waals surface area (Å²) >= 11 is 1.61. The molecule has 0 aliphatic carbocycles. The molecule has 0 saturated carbocycles. The van der Waals surface area contributed by atoms with Gasteiger partial charge in [-0.2, -0.15) is 5.10 Å². The zero-order valence-corrected chi connectivity index (χ0v) is 20.4. The number of aromatic nitrogens is 3. The quantitative estimate of drug-likeness (QED) is 0.624. The minimum Gasteiger partial charge on any atom is -0.352 e. The Labute approximate surface area is 198 Å². The molecule has 0 unspecified atom stereocenters. The summed E-state index contributed by atoms with van der Waals surface area (Å²) in [6.07, 6.45) is 1.70. The molecule has 0 atom stereocenters. The van der Waals surface area contributed by atoms with E-state index in [1.54, 1.807) is 29.7 Å². The number of nitrogens with one attached hydrogen (secondary N) is 1. The summed E-state index contributed by atoms with van der Waals surface area (Å²) in [5.41, 5.74) is 1.72. The van der Waals surface area contributed by atoms with Crippen LogP contribution in [0.2, 0.25) is 0 Å². The molecule has 0 spiro atoms. The molecule has 1 saturated heterocycles. The number of nitrogens with zero attached hydrogens (tertiary/aromatic N) is 5. The number of carbonyl (C=O) groups is 2. The molecule has 4 heterocycles. The van der Waals surface area contributed by atoms with Gasteiger partial charge >= 0.3 is 0 Å². The lowest BCUT2D eigenvalue weighted by atomic mass is 10.1. The zero-order chi connectivity index (χ0) is 23.6. The fourth-order valence-electron chi connectivity index (χ4n) is 3.95. The number of aryl methyl sites for hydroxylation is 1. The van der Waals surface area contributed by atoms with Gasteiger partial charge in [-0.25, -0.2) is 4.98 Å². The molecular formula is C24H30N6O2S. The minimum atomic E-state index is -0.277. The summed E-state index contributed by atoms with van der Waals surface area (Å²) in [7, 11) is 0. The van der Waals surface area contributed by atoms with Crippen molar-refractivity contribution in [2.24, 2.45) is 0 Å². The highest BCUT2D eigenvalue weighted by molar-refractivity contribution is 7.09. The number of anilines is 1. The maximum Gasteiger partial charge on any atom is 0.272 e. The van der Waals surface area contributed by atoms with Crippen molar-refractivity contribution in [1.82, 2.24) is 25.0 Å². The molecule has 4 rings (SSSR count). The molecule has 1 N–H and O–H groups in total. The van der Waals surface area contributed by atoms with E-state index in [1.165, 1.54) is 0 Å². The van der Waals surface area contributed by atoms with Gasteiger partial charge in [0.25, 0.3) is 11.8 Å². The van der Waals surface area contributed by atoms with E-state index in [-0.39, 0.29) is 17.4 Å². The Balaban J connectivity index is 1.44. The number of amides is 2. The van der Waals surface area contributed by atoms with E-state index in [1.807, 2.05) is 60.9 Å². The standard InChI is InChI=1S/C24H30N6O2S/c1-17-15-20(30(27-17)24(2,3)4)23(32)29-12-10-28(11-13-29)21-19(8-5-9-25-21)22(31)26-16-18-7-6-14-33-18/h5-9,14-15H,10-13,16H2,1-4H3,(H,26,31). The summed E-state index contributed by atoms with van der Waals surface area (Å²) in [6.45, 7) is 10.9. The van der Waals surface area contributed by atoms with Crippen molar-refractivity contribution in [2.75, 3.05) is 31.1 Å². The molecule has 1 aliphatic heterocycles. The van der Waals surface area contributed by atoms with Gasteiger partial charge in [-0.1, -0.05) is 6.07 Å². The highest BCUT2D eigenvalue weighted by Crippen LogP contribution is 2.22. The van der Waals surface area contributed by atoms with E-state index in [4.69, 9.17) is 0 Å². The number of piperazine rings is 1. The maximum absolute atomic E-state index is 13.3. The van der Waals surface area contributed by atoms with Crippen LogP contribution in [0.5, 0.6) is 0 Å². The van der Waals surface area contributed by atoms with Crippen molar-refractivity contribution in [3.63, 3.8) is 0 Å². The van der Waals surface area contributed by atoms with Crippen LogP contribution in [0.1, 0.15) is 52.2 Å². The number of pyridine rings is 1. The van der Waals surface area contributed by atoms with E-state index in [9.17, 15) is 9.59 Å². The van der Waals surface area contributed by atoms with Crippen LogP contribution in [0.15, 0.2) is 41.9 Å². The molecule has 1 fully saturated rings. The lowest BCUT2D eigenvalue weighted by Gasteiger charge is -2.36. The molecule has 2 amide bonds. The summed E-state index contributed by atoms with van der Waals surface area (Å²) in [5, 5.41) is 9.51. The van der Waals surface area contributed by atoms with Crippen LogP contribution >= 0.6 is 11.3 Å². The first-order valence-corrected chi connectivity index (χ1v) is 12.0. The Morgan fingerprint density at radius 3 is 2.55 bits per heavy atom. The average molecular weight is 467 g/mol. The molecule has 174 valence electrons. The lowest BCUT2D eigenvalue weighted by Crippen LogP contribution is -2.50. The van der Waals surface area contributed by atoms with Crippen molar-refractivity contribution >= 4 is 29.0 Å². The van der Waals surface area contributed by atoms with Gasteiger partial charge in [0, 0.05) is 37.3 Å².